The van der Waals surface area contributed by atoms with E-state index in [2.05, 4.69) is 6.58 Å². The third kappa shape index (κ3) is 3.12. The lowest BCUT2D eigenvalue weighted by Gasteiger charge is -2.46. The van der Waals surface area contributed by atoms with Gasteiger partial charge in [0.15, 0.2) is 0 Å². The lowest BCUT2D eigenvalue weighted by atomic mass is 9.52. The number of para-hydroxylation sites is 1. The topological polar surface area (TPSA) is 69.7 Å². The molecule has 0 fully saturated rings. The van der Waals surface area contributed by atoms with Crippen LogP contribution in [0.1, 0.15) is 30.4 Å². The van der Waals surface area contributed by atoms with Crippen LogP contribution in [0.25, 0.3) is 0 Å². The number of carbonyl (C=O) groups is 3. The van der Waals surface area contributed by atoms with E-state index >= 15 is 0 Å². The number of hydrogen-bond acceptors (Lipinski definition) is 5. The molecule has 2 aliphatic rings. The Bertz CT molecular complexity index is 1050. The van der Waals surface area contributed by atoms with Crippen LogP contribution in [-0.4, -0.2) is 24.8 Å². The second-order valence-electron chi connectivity index (χ2n) is 7.80. The maximum absolute atomic E-state index is 13.7. The summed E-state index contributed by atoms with van der Waals surface area (Å²) in [5.41, 5.74) is 0.407. The van der Waals surface area contributed by atoms with E-state index in [0.29, 0.717) is 23.3 Å². The van der Waals surface area contributed by atoms with Gasteiger partial charge >= 0.3 is 11.9 Å². The SMILES string of the molecule is C=CC[C@H]1C=C(C=O)[C@@H](c2ccccc2)[C@]2(C(=O)Oc3ccccc32)[C@@H]1C(=O)OCC. The molecule has 0 amide bonds. The molecule has 5 nitrogen and oxygen atoms in total. The standard InChI is InChI=1S/C26H24O5/c1-3-10-18-15-19(16-27)22(17-11-6-5-7-12-17)26(23(18)24(28)30-4-2)20-13-8-9-14-21(20)31-25(26)29/h3,5-9,11-16,18,22-23H,1,4,10H2,2H3/t18-,22+,23-,26-/m0/s1. The van der Waals surface area contributed by atoms with E-state index in [0.717, 1.165) is 11.8 Å². The molecule has 2 aromatic carbocycles. The van der Waals surface area contributed by atoms with Crippen LogP contribution in [0, 0.1) is 11.8 Å². The van der Waals surface area contributed by atoms with Crippen molar-refractivity contribution >= 4 is 18.2 Å². The summed E-state index contributed by atoms with van der Waals surface area (Å²) in [5.74, 6) is -2.59. The molecular formula is C26H24O5. The minimum atomic E-state index is -1.41. The van der Waals surface area contributed by atoms with E-state index in [1.54, 1.807) is 37.3 Å². The van der Waals surface area contributed by atoms with Crippen LogP contribution in [0.3, 0.4) is 0 Å². The van der Waals surface area contributed by atoms with Crippen molar-refractivity contribution in [2.75, 3.05) is 6.61 Å². The van der Waals surface area contributed by atoms with Crippen LogP contribution < -0.4 is 4.74 Å². The molecule has 4 rings (SSSR count). The van der Waals surface area contributed by atoms with Gasteiger partial charge in [0.1, 0.15) is 17.5 Å². The number of rotatable bonds is 6. The molecule has 158 valence electrons. The zero-order valence-electron chi connectivity index (χ0n) is 17.3. The Balaban J connectivity index is 2.09. The van der Waals surface area contributed by atoms with E-state index in [-0.39, 0.29) is 6.61 Å². The van der Waals surface area contributed by atoms with E-state index in [9.17, 15) is 14.4 Å². The Labute approximate surface area is 181 Å². The first-order valence-electron chi connectivity index (χ1n) is 10.4. The number of allylic oxidation sites excluding steroid dienone is 3. The Morgan fingerprint density at radius 3 is 2.55 bits per heavy atom. The number of hydrogen-bond donors (Lipinski definition) is 0. The van der Waals surface area contributed by atoms with Crippen LogP contribution in [0.4, 0.5) is 0 Å². The number of fused-ring (bicyclic) bond motifs is 2. The van der Waals surface area contributed by atoms with Gasteiger partial charge in [-0.2, -0.15) is 0 Å². The van der Waals surface area contributed by atoms with Crippen molar-refractivity contribution in [1.29, 1.82) is 0 Å². The van der Waals surface area contributed by atoms with Crippen molar-refractivity contribution in [2.24, 2.45) is 11.8 Å². The lowest BCUT2D eigenvalue weighted by molar-refractivity contribution is -0.160. The first kappa shape index (κ1) is 20.8. The Morgan fingerprint density at radius 1 is 1.16 bits per heavy atom. The second kappa shape index (κ2) is 8.34. The van der Waals surface area contributed by atoms with Gasteiger partial charge in [0, 0.05) is 11.5 Å². The van der Waals surface area contributed by atoms with Crippen molar-refractivity contribution < 1.29 is 23.9 Å². The number of esters is 2. The molecule has 0 radical (unpaired) electrons. The predicted octanol–water partition coefficient (Wildman–Crippen LogP) is 4.14. The average Bonchev–Trinajstić information content (AvgIpc) is 3.06. The van der Waals surface area contributed by atoms with Gasteiger partial charge in [0.2, 0.25) is 0 Å². The lowest BCUT2D eigenvalue weighted by Crippen LogP contribution is -2.55. The molecule has 4 atom stereocenters. The summed E-state index contributed by atoms with van der Waals surface area (Å²) in [6.45, 7) is 5.73. The van der Waals surface area contributed by atoms with Crippen LogP contribution in [0.5, 0.6) is 5.75 Å². The summed E-state index contributed by atoms with van der Waals surface area (Å²) < 4.78 is 11.2. The Hall–Kier alpha value is -3.47. The molecule has 0 saturated carbocycles. The van der Waals surface area contributed by atoms with E-state index in [1.165, 1.54) is 0 Å². The highest BCUT2D eigenvalue weighted by Gasteiger charge is 2.66. The summed E-state index contributed by atoms with van der Waals surface area (Å²) >= 11 is 0. The predicted molar refractivity (Wildman–Crippen MR) is 116 cm³/mol. The zero-order valence-corrected chi connectivity index (χ0v) is 17.3. The first-order chi connectivity index (χ1) is 15.1. The van der Waals surface area contributed by atoms with Crippen molar-refractivity contribution in [2.45, 2.75) is 24.7 Å². The average molecular weight is 416 g/mol. The van der Waals surface area contributed by atoms with E-state index < -0.39 is 35.1 Å². The Morgan fingerprint density at radius 2 is 1.87 bits per heavy atom. The summed E-state index contributed by atoms with van der Waals surface area (Å²) in [6.07, 6.45) is 4.69. The molecule has 1 aliphatic heterocycles. The smallest absolute Gasteiger partial charge is 0.324 e. The van der Waals surface area contributed by atoms with Gasteiger partial charge in [-0.05, 0) is 36.5 Å². The molecule has 0 aromatic heterocycles. The van der Waals surface area contributed by atoms with Gasteiger partial charge < -0.3 is 9.47 Å². The number of carbonyl (C=O) groups excluding carboxylic acids is 3. The third-order valence-corrected chi connectivity index (χ3v) is 6.24. The van der Waals surface area contributed by atoms with Crippen molar-refractivity contribution in [3.05, 3.63) is 90.0 Å². The van der Waals surface area contributed by atoms with E-state index in [4.69, 9.17) is 9.47 Å². The monoisotopic (exact) mass is 416 g/mol. The number of aldehydes is 1. The van der Waals surface area contributed by atoms with Gasteiger partial charge in [-0.15, -0.1) is 6.58 Å². The van der Waals surface area contributed by atoms with Gasteiger partial charge in [0.25, 0.3) is 0 Å². The quantitative estimate of drug-likeness (QED) is 0.306. The fourth-order valence-corrected chi connectivity index (χ4v) is 5.18. The third-order valence-electron chi connectivity index (χ3n) is 6.24. The normalized spacial score (nSPS) is 26.5. The fourth-order valence-electron chi connectivity index (χ4n) is 5.18. The zero-order chi connectivity index (χ0) is 22.0. The minimum Gasteiger partial charge on any atom is -0.466 e. The number of ether oxygens (including phenoxy) is 2. The highest BCUT2D eigenvalue weighted by Crippen LogP contribution is 2.60. The molecule has 1 aliphatic carbocycles. The van der Waals surface area contributed by atoms with Crippen LogP contribution in [-0.2, 0) is 24.5 Å². The highest BCUT2D eigenvalue weighted by atomic mass is 16.5. The van der Waals surface area contributed by atoms with Gasteiger partial charge in [-0.1, -0.05) is 60.7 Å². The summed E-state index contributed by atoms with van der Waals surface area (Å²) in [6, 6.07) is 16.4. The Kier molecular flexibility index (Phi) is 5.59. The molecule has 0 unspecified atom stereocenters. The fraction of sp³-hybridized carbons (Fsp3) is 0.269. The van der Waals surface area contributed by atoms with Crippen LogP contribution in [0.2, 0.25) is 0 Å². The van der Waals surface area contributed by atoms with Crippen LogP contribution in [0.15, 0.2) is 78.9 Å². The molecule has 0 N–H and O–H groups in total. The van der Waals surface area contributed by atoms with Crippen molar-refractivity contribution in [3.63, 3.8) is 0 Å². The molecule has 2 aromatic rings. The molecule has 1 spiro atoms. The molecule has 5 heteroatoms. The van der Waals surface area contributed by atoms with Gasteiger partial charge in [-0.3, -0.25) is 14.4 Å². The summed E-state index contributed by atoms with van der Waals surface area (Å²) in [7, 11) is 0. The molecule has 0 bridgehead atoms. The second-order valence-corrected chi connectivity index (χ2v) is 7.80. The molecule has 0 saturated heterocycles. The van der Waals surface area contributed by atoms with E-state index in [1.807, 2.05) is 36.4 Å². The van der Waals surface area contributed by atoms with Crippen molar-refractivity contribution in [3.8, 4) is 5.75 Å². The largest absolute Gasteiger partial charge is 0.466 e. The maximum Gasteiger partial charge on any atom is 0.324 e. The molecular weight excluding hydrogens is 392 g/mol. The molecule has 31 heavy (non-hydrogen) atoms. The number of benzene rings is 2. The van der Waals surface area contributed by atoms with Gasteiger partial charge in [0.05, 0.1) is 12.5 Å². The highest BCUT2D eigenvalue weighted by molar-refractivity contribution is 6.00. The summed E-state index contributed by atoms with van der Waals surface area (Å²) in [4.78, 5) is 39.4. The maximum atomic E-state index is 13.7. The van der Waals surface area contributed by atoms with Gasteiger partial charge in [-0.25, -0.2) is 0 Å². The molecule has 1 heterocycles. The minimum absolute atomic E-state index is 0.184. The van der Waals surface area contributed by atoms with Crippen molar-refractivity contribution in [1.82, 2.24) is 0 Å². The van der Waals surface area contributed by atoms with Crippen LogP contribution >= 0.6 is 0 Å². The summed E-state index contributed by atoms with van der Waals surface area (Å²) in [5, 5.41) is 0. The first-order valence-corrected chi connectivity index (χ1v) is 10.4.